The summed E-state index contributed by atoms with van der Waals surface area (Å²) < 4.78 is 21.6. The molecule has 6 nitrogen and oxygen atoms in total. The van der Waals surface area contributed by atoms with Crippen molar-refractivity contribution >= 4 is 0 Å². The Kier molecular flexibility index (Phi) is 4.38. The van der Waals surface area contributed by atoms with Gasteiger partial charge in [0, 0.05) is 11.1 Å². The van der Waals surface area contributed by atoms with Crippen molar-refractivity contribution in [3.05, 3.63) is 72.5 Å². The molecule has 26 heavy (non-hydrogen) atoms. The lowest BCUT2D eigenvalue weighted by atomic mass is 10.2. The quantitative estimate of drug-likeness (QED) is 0.508. The molecule has 6 heteroatoms. The fourth-order valence-corrected chi connectivity index (χ4v) is 2.52. The molecule has 2 heterocycles. The molecule has 0 radical (unpaired) electrons. The summed E-state index contributed by atoms with van der Waals surface area (Å²) in [5, 5.41) is 3.98. The van der Waals surface area contributed by atoms with Gasteiger partial charge in [0.15, 0.2) is 5.76 Å². The van der Waals surface area contributed by atoms with E-state index in [1.165, 1.54) is 0 Å². The molecule has 0 saturated heterocycles. The second kappa shape index (κ2) is 7.14. The van der Waals surface area contributed by atoms with Crippen molar-refractivity contribution in [2.45, 2.75) is 6.61 Å². The van der Waals surface area contributed by atoms with Crippen molar-refractivity contribution in [1.29, 1.82) is 0 Å². The maximum Gasteiger partial charge on any atom is 0.293 e. The van der Waals surface area contributed by atoms with E-state index < -0.39 is 0 Å². The van der Waals surface area contributed by atoms with Gasteiger partial charge in [0.25, 0.3) is 5.89 Å². The van der Waals surface area contributed by atoms with E-state index >= 15 is 0 Å². The van der Waals surface area contributed by atoms with Crippen molar-refractivity contribution < 1.29 is 18.4 Å². The molecule has 0 aliphatic rings. The van der Waals surface area contributed by atoms with Crippen LogP contribution in [0.2, 0.25) is 0 Å². The molecule has 2 aromatic carbocycles. The van der Waals surface area contributed by atoms with Gasteiger partial charge in [-0.1, -0.05) is 23.4 Å². The van der Waals surface area contributed by atoms with Gasteiger partial charge >= 0.3 is 0 Å². The number of aromatic nitrogens is 2. The molecule has 0 amide bonds. The van der Waals surface area contributed by atoms with Gasteiger partial charge in [0.05, 0.1) is 13.4 Å². The maximum atomic E-state index is 5.83. The molecule has 0 N–H and O–H groups in total. The Morgan fingerprint density at radius 2 is 1.81 bits per heavy atom. The summed E-state index contributed by atoms with van der Waals surface area (Å²) in [4.78, 5) is 4.34. The Hall–Kier alpha value is -3.54. The first kappa shape index (κ1) is 16.0. The van der Waals surface area contributed by atoms with Gasteiger partial charge in [-0.2, -0.15) is 4.98 Å². The molecule has 0 aliphatic carbocycles. The second-order valence-electron chi connectivity index (χ2n) is 5.53. The lowest BCUT2D eigenvalue weighted by Crippen LogP contribution is -1.98. The lowest BCUT2D eigenvalue weighted by molar-refractivity contribution is 0.296. The first-order valence-electron chi connectivity index (χ1n) is 8.06. The Labute approximate surface area is 150 Å². The number of ether oxygens (including phenoxy) is 2. The topological polar surface area (TPSA) is 70.5 Å². The Balaban J connectivity index is 1.45. The molecule has 0 bridgehead atoms. The smallest absolute Gasteiger partial charge is 0.293 e. The average molecular weight is 348 g/mol. The van der Waals surface area contributed by atoms with Crippen molar-refractivity contribution in [2.75, 3.05) is 7.11 Å². The fraction of sp³-hybridized carbons (Fsp3) is 0.100. The number of furan rings is 1. The van der Waals surface area contributed by atoms with Crippen LogP contribution >= 0.6 is 0 Å². The molecule has 4 rings (SSSR count). The number of hydrogen-bond acceptors (Lipinski definition) is 6. The minimum atomic E-state index is 0.349. The van der Waals surface area contributed by atoms with Gasteiger partial charge in [-0.15, -0.1) is 0 Å². The largest absolute Gasteiger partial charge is 0.496 e. The molecule has 0 saturated carbocycles. The molecule has 130 valence electrons. The molecule has 0 aliphatic heterocycles. The van der Waals surface area contributed by atoms with Gasteiger partial charge in [-0.25, -0.2) is 0 Å². The van der Waals surface area contributed by atoms with E-state index in [0.29, 0.717) is 24.1 Å². The Morgan fingerprint density at radius 1 is 0.962 bits per heavy atom. The SMILES string of the molecule is COc1ccccc1COc1ccc(-c2noc(-c3ccco3)n2)cc1. The molecule has 0 unspecified atom stereocenters. The van der Waals surface area contributed by atoms with Crippen LogP contribution in [0.15, 0.2) is 75.9 Å². The minimum Gasteiger partial charge on any atom is -0.496 e. The third-order valence-corrected chi connectivity index (χ3v) is 3.86. The maximum absolute atomic E-state index is 5.83. The van der Waals surface area contributed by atoms with Crippen LogP contribution in [0.4, 0.5) is 0 Å². The Bertz CT molecular complexity index is 975. The minimum absolute atomic E-state index is 0.349. The van der Waals surface area contributed by atoms with Gasteiger partial charge in [-0.05, 0) is 42.5 Å². The highest BCUT2D eigenvalue weighted by Gasteiger charge is 2.12. The lowest BCUT2D eigenvalue weighted by Gasteiger charge is -2.10. The van der Waals surface area contributed by atoms with Gasteiger partial charge < -0.3 is 18.4 Å². The predicted molar refractivity (Wildman–Crippen MR) is 94.8 cm³/mol. The Morgan fingerprint density at radius 3 is 2.58 bits per heavy atom. The van der Waals surface area contributed by atoms with Crippen LogP contribution in [-0.4, -0.2) is 17.3 Å². The van der Waals surface area contributed by atoms with Gasteiger partial charge in [0.2, 0.25) is 5.82 Å². The van der Waals surface area contributed by atoms with Gasteiger partial charge in [-0.3, -0.25) is 0 Å². The second-order valence-corrected chi connectivity index (χ2v) is 5.53. The van der Waals surface area contributed by atoms with Crippen molar-refractivity contribution in [3.63, 3.8) is 0 Å². The van der Waals surface area contributed by atoms with Crippen LogP contribution in [-0.2, 0) is 6.61 Å². The number of para-hydroxylation sites is 1. The highest BCUT2D eigenvalue weighted by molar-refractivity contribution is 5.58. The molecular formula is C20H16N2O4. The van der Waals surface area contributed by atoms with Crippen LogP contribution in [0.5, 0.6) is 11.5 Å². The molecule has 0 spiro atoms. The molecule has 2 aromatic heterocycles. The van der Waals surface area contributed by atoms with E-state index in [1.54, 1.807) is 25.5 Å². The zero-order valence-electron chi connectivity index (χ0n) is 14.1. The number of nitrogens with zero attached hydrogens (tertiary/aromatic N) is 2. The summed E-state index contributed by atoms with van der Waals surface area (Å²) in [6, 6.07) is 18.8. The number of hydrogen-bond donors (Lipinski definition) is 0. The fourth-order valence-electron chi connectivity index (χ4n) is 2.52. The van der Waals surface area contributed by atoms with Crippen LogP contribution in [0, 0.1) is 0 Å². The highest BCUT2D eigenvalue weighted by atomic mass is 16.5. The van der Waals surface area contributed by atoms with E-state index in [4.69, 9.17) is 18.4 Å². The van der Waals surface area contributed by atoms with Gasteiger partial charge in [0.1, 0.15) is 18.1 Å². The predicted octanol–water partition coefficient (Wildman–Crippen LogP) is 4.58. The van der Waals surface area contributed by atoms with Crippen LogP contribution in [0.25, 0.3) is 23.0 Å². The standard InChI is InChI=1S/C20H16N2O4/c1-23-17-6-3-2-5-15(17)13-25-16-10-8-14(9-11-16)19-21-20(26-22-19)18-7-4-12-24-18/h2-12H,13H2,1H3. The third kappa shape index (κ3) is 3.30. The highest BCUT2D eigenvalue weighted by Crippen LogP contribution is 2.25. The van der Waals surface area contributed by atoms with Crippen molar-refractivity contribution in [2.24, 2.45) is 0 Å². The van der Waals surface area contributed by atoms with E-state index in [2.05, 4.69) is 10.1 Å². The van der Waals surface area contributed by atoms with E-state index in [-0.39, 0.29) is 0 Å². The molecule has 0 atom stereocenters. The normalized spacial score (nSPS) is 10.7. The van der Waals surface area contributed by atoms with Crippen molar-refractivity contribution in [1.82, 2.24) is 10.1 Å². The van der Waals surface area contributed by atoms with Crippen molar-refractivity contribution in [3.8, 4) is 34.5 Å². The molecule has 0 fully saturated rings. The molecular weight excluding hydrogens is 332 g/mol. The first-order chi connectivity index (χ1) is 12.8. The first-order valence-corrected chi connectivity index (χ1v) is 8.06. The monoisotopic (exact) mass is 348 g/mol. The third-order valence-electron chi connectivity index (χ3n) is 3.86. The van der Waals surface area contributed by atoms with E-state index in [0.717, 1.165) is 22.6 Å². The zero-order chi connectivity index (χ0) is 17.8. The van der Waals surface area contributed by atoms with Crippen LogP contribution in [0.3, 0.4) is 0 Å². The summed E-state index contributed by atoms with van der Waals surface area (Å²) in [6.45, 7) is 0.425. The summed E-state index contributed by atoms with van der Waals surface area (Å²) in [7, 11) is 1.65. The molecule has 4 aromatic rings. The van der Waals surface area contributed by atoms with E-state index in [1.807, 2.05) is 48.5 Å². The summed E-state index contributed by atoms with van der Waals surface area (Å²) in [5.41, 5.74) is 1.82. The van der Waals surface area contributed by atoms with E-state index in [9.17, 15) is 0 Å². The average Bonchev–Trinajstić information content (AvgIpc) is 3.38. The van der Waals surface area contributed by atoms with Crippen LogP contribution in [0.1, 0.15) is 5.56 Å². The summed E-state index contributed by atoms with van der Waals surface area (Å²) in [5.74, 6) is 2.94. The summed E-state index contributed by atoms with van der Waals surface area (Å²) in [6.07, 6.45) is 1.56. The number of rotatable bonds is 6. The number of methoxy groups -OCH3 is 1. The zero-order valence-corrected chi connectivity index (χ0v) is 14.1. The number of benzene rings is 2. The van der Waals surface area contributed by atoms with Crippen LogP contribution < -0.4 is 9.47 Å². The summed E-state index contributed by atoms with van der Waals surface area (Å²) >= 11 is 0.